The lowest BCUT2D eigenvalue weighted by Gasteiger charge is -2.16. The molecule has 26 heavy (non-hydrogen) atoms. The van der Waals surface area contributed by atoms with Gasteiger partial charge in [-0.2, -0.15) is 0 Å². The number of aryl methyl sites for hydroxylation is 1. The van der Waals surface area contributed by atoms with Gasteiger partial charge in [0.05, 0.1) is 23.2 Å². The number of thiazole rings is 1. The van der Waals surface area contributed by atoms with Crippen LogP contribution in [-0.2, 0) is 9.59 Å². The SMILES string of the molecule is CC(=O)N[C@@H](CC(=O)Nc1cccc(-c2csc(C)n2)c1)c1cccs1. The van der Waals surface area contributed by atoms with E-state index in [1.807, 2.05) is 54.1 Å². The quantitative estimate of drug-likeness (QED) is 0.661. The van der Waals surface area contributed by atoms with Crippen LogP contribution in [0, 0.1) is 6.92 Å². The van der Waals surface area contributed by atoms with Crippen molar-refractivity contribution < 1.29 is 9.59 Å². The van der Waals surface area contributed by atoms with Crippen LogP contribution in [0.1, 0.15) is 29.3 Å². The Morgan fingerprint density at radius 1 is 1.19 bits per heavy atom. The Kier molecular flexibility index (Phi) is 5.80. The van der Waals surface area contributed by atoms with Gasteiger partial charge in [-0.05, 0) is 30.5 Å². The number of nitrogens with zero attached hydrogens (tertiary/aromatic N) is 1. The Hall–Kier alpha value is -2.51. The molecule has 1 atom stereocenters. The highest BCUT2D eigenvalue weighted by Crippen LogP contribution is 2.25. The van der Waals surface area contributed by atoms with Crippen molar-refractivity contribution in [2.24, 2.45) is 0 Å². The van der Waals surface area contributed by atoms with Crippen molar-refractivity contribution in [3.63, 3.8) is 0 Å². The van der Waals surface area contributed by atoms with Gasteiger partial charge < -0.3 is 10.6 Å². The number of aromatic nitrogens is 1. The van der Waals surface area contributed by atoms with Crippen LogP contribution in [0.25, 0.3) is 11.3 Å². The number of carbonyl (C=O) groups is 2. The first-order valence-electron chi connectivity index (χ1n) is 8.14. The highest BCUT2D eigenvalue weighted by atomic mass is 32.1. The summed E-state index contributed by atoms with van der Waals surface area (Å²) >= 11 is 3.12. The van der Waals surface area contributed by atoms with Gasteiger partial charge in [-0.25, -0.2) is 4.98 Å². The zero-order chi connectivity index (χ0) is 18.5. The zero-order valence-corrected chi connectivity index (χ0v) is 16.1. The van der Waals surface area contributed by atoms with Crippen molar-refractivity contribution in [1.29, 1.82) is 0 Å². The van der Waals surface area contributed by atoms with Crippen LogP contribution < -0.4 is 10.6 Å². The first kappa shape index (κ1) is 18.3. The number of nitrogens with one attached hydrogen (secondary N) is 2. The van der Waals surface area contributed by atoms with Crippen molar-refractivity contribution in [1.82, 2.24) is 10.3 Å². The van der Waals surface area contributed by atoms with E-state index in [1.54, 1.807) is 11.3 Å². The zero-order valence-electron chi connectivity index (χ0n) is 14.5. The van der Waals surface area contributed by atoms with Crippen molar-refractivity contribution >= 4 is 40.2 Å². The maximum absolute atomic E-state index is 12.5. The summed E-state index contributed by atoms with van der Waals surface area (Å²) in [5, 5.41) is 10.7. The number of hydrogen-bond donors (Lipinski definition) is 2. The van der Waals surface area contributed by atoms with E-state index in [4.69, 9.17) is 0 Å². The smallest absolute Gasteiger partial charge is 0.226 e. The molecule has 0 spiro atoms. The third kappa shape index (κ3) is 4.77. The number of anilines is 1. The summed E-state index contributed by atoms with van der Waals surface area (Å²) in [6.45, 7) is 3.42. The first-order valence-corrected chi connectivity index (χ1v) is 9.90. The minimum atomic E-state index is -0.322. The van der Waals surface area contributed by atoms with Crippen molar-refractivity contribution in [2.45, 2.75) is 26.3 Å². The fourth-order valence-electron chi connectivity index (χ4n) is 2.61. The monoisotopic (exact) mass is 385 g/mol. The number of benzene rings is 1. The van der Waals surface area contributed by atoms with Crippen LogP contribution in [0.3, 0.4) is 0 Å². The Morgan fingerprint density at radius 2 is 2.04 bits per heavy atom. The summed E-state index contributed by atoms with van der Waals surface area (Å²) in [6, 6.07) is 11.1. The number of carbonyl (C=O) groups excluding carboxylic acids is 2. The summed E-state index contributed by atoms with van der Waals surface area (Å²) in [6.07, 6.45) is 0.181. The molecular weight excluding hydrogens is 366 g/mol. The fraction of sp³-hybridized carbons (Fsp3) is 0.211. The van der Waals surface area contributed by atoms with Gasteiger partial charge >= 0.3 is 0 Å². The molecule has 5 nitrogen and oxygen atoms in total. The molecule has 3 rings (SSSR count). The molecule has 7 heteroatoms. The van der Waals surface area contributed by atoms with Crippen LogP contribution in [-0.4, -0.2) is 16.8 Å². The predicted octanol–water partition coefficient (Wildman–Crippen LogP) is 4.39. The Morgan fingerprint density at radius 3 is 2.69 bits per heavy atom. The molecule has 0 aliphatic carbocycles. The second-order valence-corrected chi connectivity index (χ2v) is 7.89. The molecule has 2 heterocycles. The third-order valence-corrected chi connectivity index (χ3v) is 5.47. The van der Waals surface area contributed by atoms with Gasteiger partial charge in [-0.1, -0.05) is 18.2 Å². The lowest BCUT2D eigenvalue weighted by atomic mass is 10.1. The highest BCUT2D eigenvalue weighted by Gasteiger charge is 2.18. The number of thiophene rings is 1. The standard InChI is InChI=1S/C19H19N3O2S2/c1-12(23)20-16(18-7-4-8-25-18)10-19(24)22-15-6-3-5-14(9-15)17-11-26-13(2)21-17/h3-9,11,16H,10H2,1-2H3,(H,20,23)(H,22,24)/t16-/m0/s1. The van der Waals surface area contributed by atoms with Crippen LogP contribution >= 0.6 is 22.7 Å². The van der Waals surface area contributed by atoms with E-state index < -0.39 is 0 Å². The number of rotatable bonds is 6. The van der Waals surface area contributed by atoms with Gasteiger partial charge in [-0.15, -0.1) is 22.7 Å². The van der Waals surface area contributed by atoms with E-state index in [1.165, 1.54) is 18.3 Å². The second-order valence-electron chi connectivity index (χ2n) is 5.85. The molecule has 0 bridgehead atoms. The molecule has 3 aromatic rings. The van der Waals surface area contributed by atoms with Crippen molar-refractivity contribution in [2.75, 3.05) is 5.32 Å². The summed E-state index contributed by atoms with van der Waals surface area (Å²) in [5.41, 5.74) is 2.58. The second kappa shape index (κ2) is 8.25. The van der Waals surface area contributed by atoms with Crippen molar-refractivity contribution in [3.05, 3.63) is 57.0 Å². The van der Waals surface area contributed by atoms with Gasteiger partial charge in [0, 0.05) is 28.4 Å². The molecule has 0 radical (unpaired) electrons. The van der Waals surface area contributed by atoms with Gasteiger partial charge in [0.25, 0.3) is 0 Å². The van der Waals surface area contributed by atoms with Crippen molar-refractivity contribution in [3.8, 4) is 11.3 Å². The minimum Gasteiger partial charge on any atom is -0.348 e. The lowest BCUT2D eigenvalue weighted by Crippen LogP contribution is -2.29. The molecule has 134 valence electrons. The largest absolute Gasteiger partial charge is 0.348 e. The van der Waals surface area contributed by atoms with Crippen LogP contribution in [0.15, 0.2) is 47.2 Å². The Labute approximate surface area is 160 Å². The van der Waals surface area contributed by atoms with E-state index in [2.05, 4.69) is 15.6 Å². The van der Waals surface area contributed by atoms with Gasteiger partial charge in [0.1, 0.15) is 0 Å². The first-order chi connectivity index (χ1) is 12.5. The van der Waals surface area contributed by atoms with Crippen LogP contribution in [0.5, 0.6) is 0 Å². The fourth-order valence-corrected chi connectivity index (χ4v) is 4.01. The topological polar surface area (TPSA) is 71.1 Å². The maximum Gasteiger partial charge on any atom is 0.226 e. The molecule has 0 unspecified atom stereocenters. The molecule has 0 saturated carbocycles. The van der Waals surface area contributed by atoms with E-state index in [0.29, 0.717) is 5.69 Å². The molecular formula is C19H19N3O2S2. The average Bonchev–Trinajstić information content (AvgIpc) is 3.25. The predicted molar refractivity (Wildman–Crippen MR) is 106 cm³/mol. The normalized spacial score (nSPS) is 11.8. The molecule has 0 aliphatic heterocycles. The number of hydrogen-bond acceptors (Lipinski definition) is 5. The van der Waals surface area contributed by atoms with Gasteiger partial charge in [-0.3, -0.25) is 9.59 Å². The lowest BCUT2D eigenvalue weighted by molar-refractivity contribution is -0.120. The highest BCUT2D eigenvalue weighted by molar-refractivity contribution is 7.10. The van der Waals surface area contributed by atoms with E-state index in [9.17, 15) is 9.59 Å². The third-order valence-electron chi connectivity index (χ3n) is 3.71. The maximum atomic E-state index is 12.5. The van der Waals surface area contributed by atoms with Crippen LogP contribution in [0.2, 0.25) is 0 Å². The molecule has 2 N–H and O–H groups in total. The Balaban J connectivity index is 1.70. The molecule has 0 fully saturated rings. The van der Waals surface area contributed by atoms with E-state index in [0.717, 1.165) is 21.1 Å². The van der Waals surface area contributed by atoms with E-state index in [-0.39, 0.29) is 24.3 Å². The summed E-state index contributed by atoms with van der Waals surface area (Å²) < 4.78 is 0. The van der Waals surface area contributed by atoms with Crippen LogP contribution in [0.4, 0.5) is 5.69 Å². The molecule has 1 aromatic carbocycles. The average molecular weight is 386 g/mol. The molecule has 0 aliphatic rings. The van der Waals surface area contributed by atoms with E-state index >= 15 is 0 Å². The summed E-state index contributed by atoms with van der Waals surface area (Å²) in [7, 11) is 0. The minimum absolute atomic E-state index is 0.149. The molecule has 2 aromatic heterocycles. The van der Waals surface area contributed by atoms with Gasteiger partial charge in [0.2, 0.25) is 11.8 Å². The summed E-state index contributed by atoms with van der Waals surface area (Å²) in [5.74, 6) is -0.305. The Bertz CT molecular complexity index is 903. The molecule has 2 amide bonds. The summed E-state index contributed by atoms with van der Waals surface area (Å²) in [4.78, 5) is 29.4. The van der Waals surface area contributed by atoms with Gasteiger partial charge in [0.15, 0.2) is 0 Å². The number of amides is 2. The molecule has 0 saturated heterocycles.